The molecule has 0 spiro atoms. The lowest BCUT2D eigenvalue weighted by Gasteiger charge is -2.18. The minimum Gasteiger partial charge on any atom is -0.226 e. The lowest BCUT2D eigenvalue weighted by molar-refractivity contribution is 0.199. The monoisotopic (exact) mass is 271 g/mol. The van der Waals surface area contributed by atoms with E-state index in [2.05, 4.69) is 0 Å². The summed E-state index contributed by atoms with van der Waals surface area (Å²) < 4.78 is 34.9. The maximum Gasteiger partial charge on any atom is 0.750 e. The first-order valence-electron chi connectivity index (χ1n) is 6.28. The number of halogens is 1. The molecule has 1 unspecified atom stereocenters. The Morgan fingerprint density at radius 3 is 2.67 bits per heavy atom. The van der Waals surface area contributed by atoms with Crippen molar-refractivity contribution in [2.75, 3.05) is 6.61 Å². The topological polar surface area (TPSA) is 35.5 Å². The van der Waals surface area contributed by atoms with Gasteiger partial charge in [0.2, 0.25) is 5.75 Å². The molecule has 0 bridgehead atoms. The van der Waals surface area contributed by atoms with E-state index in [9.17, 15) is 8.96 Å². The van der Waals surface area contributed by atoms with Gasteiger partial charge >= 0.3 is 8.25 Å². The molecule has 98 valence electrons. The molecule has 1 saturated carbocycles. The van der Waals surface area contributed by atoms with E-state index >= 15 is 0 Å². The van der Waals surface area contributed by atoms with Gasteiger partial charge in [0.1, 0.15) is 6.61 Å². The van der Waals surface area contributed by atoms with Crippen molar-refractivity contribution in [2.45, 2.75) is 32.1 Å². The maximum absolute atomic E-state index is 13.2. The number of para-hydroxylation sites is 1. The van der Waals surface area contributed by atoms with Gasteiger partial charge in [-0.15, -0.1) is 4.52 Å². The molecule has 0 heterocycles. The molecular weight excluding hydrogens is 254 g/mol. The summed E-state index contributed by atoms with van der Waals surface area (Å²) in [6.07, 6.45) is 5.91. The largest absolute Gasteiger partial charge is 0.750 e. The molecule has 1 aliphatic rings. The Hall–Kier alpha value is -0.990. The fourth-order valence-corrected chi connectivity index (χ4v) is 2.84. The number of hydrogen-bond donors (Lipinski definition) is 0. The molecule has 1 aromatic carbocycles. The van der Waals surface area contributed by atoms with Crippen LogP contribution in [0.2, 0.25) is 0 Å². The van der Waals surface area contributed by atoms with Crippen LogP contribution in [0.3, 0.4) is 0 Å². The smallest absolute Gasteiger partial charge is 0.226 e. The maximum atomic E-state index is 13.2. The molecular formula is C13H17FO3P+. The van der Waals surface area contributed by atoms with Crippen LogP contribution in [0, 0.1) is 11.7 Å². The Morgan fingerprint density at radius 2 is 1.94 bits per heavy atom. The third-order valence-corrected chi connectivity index (χ3v) is 3.86. The molecule has 5 heteroatoms. The predicted molar refractivity (Wildman–Crippen MR) is 67.2 cm³/mol. The van der Waals surface area contributed by atoms with Gasteiger partial charge in [-0.2, -0.15) is 0 Å². The van der Waals surface area contributed by atoms with E-state index in [1.807, 2.05) is 0 Å². The van der Waals surface area contributed by atoms with Crippen LogP contribution in [0.4, 0.5) is 4.39 Å². The van der Waals surface area contributed by atoms with Crippen molar-refractivity contribution in [1.29, 1.82) is 0 Å². The van der Waals surface area contributed by atoms with Crippen LogP contribution in [0.1, 0.15) is 32.1 Å². The average Bonchev–Trinajstić information content (AvgIpc) is 2.40. The second-order valence-corrected chi connectivity index (χ2v) is 5.43. The number of hydrogen-bond acceptors (Lipinski definition) is 3. The van der Waals surface area contributed by atoms with Gasteiger partial charge in [0.25, 0.3) is 0 Å². The summed E-state index contributed by atoms with van der Waals surface area (Å²) in [5, 5.41) is 0. The van der Waals surface area contributed by atoms with Crippen LogP contribution in [-0.4, -0.2) is 6.61 Å². The van der Waals surface area contributed by atoms with Crippen LogP contribution < -0.4 is 4.52 Å². The van der Waals surface area contributed by atoms with Gasteiger partial charge in [-0.05, 0) is 30.9 Å². The highest BCUT2D eigenvalue weighted by Gasteiger charge is 2.26. The molecule has 0 amide bonds. The molecule has 0 N–H and O–H groups in total. The zero-order chi connectivity index (χ0) is 12.8. The summed E-state index contributed by atoms with van der Waals surface area (Å²) in [6, 6.07) is 5.88. The van der Waals surface area contributed by atoms with Crippen molar-refractivity contribution in [2.24, 2.45) is 5.92 Å². The van der Waals surface area contributed by atoms with E-state index in [0.29, 0.717) is 12.5 Å². The average molecular weight is 271 g/mol. The highest BCUT2D eigenvalue weighted by molar-refractivity contribution is 7.33. The third kappa shape index (κ3) is 4.04. The SMILES string of the molecule is O=[P+](OCC1CCCCC1)Oc1ccccc1F. The minimum absolute atomic E-state index is 0.0257. The minimum atomic E-state index is -2.29. The van der Waals surface area contributed by atoms with Crippen molar-refractivity contribution in [3.63, 3.8) is 0 Å². The summed E-state index contributed by atoms with van der Waals surface area (Å²) in [5.74, 6) is -0.0914. The first-order chi connectivity index (χ1) is 8.75. The van der Waals surface area contributed by atoms with Crippen molar-refractivity contribution in [1.82, 2.24) is 0 Å². The Kier molecular flexibility index (Phi) is 5.09. The molecule has 1 aliphatic carbocycles. The molecule has 0 aliphatic heterocycles. The quantitative estimate of drug-likeness (QED) is 0.742. The fraction of sp³-hybridized carbons (Fsp3) is 0.538. The van der Waals surface area contributed by atoms with Gasteiger partial charge in [0, 0.05) is 4.57 Å². The molecule has 1 fully saturated rings. The van der Waals surface area contributed by atoms with E-state index in [1.165, 1.54) is 31.4 Å². The van der Waals surface area contributed by atoms with E-state index in [1.54, 1.807) is 12.1 Å². The van der Waals surface area contributed by atoms with E-state index < -0.39 is 14.1 Å². The fourth-order valence-electron chi connectivity index (χ4n) is 2.15. The second kappa shape index (κ2) is 6.81. The van der Waals surface area contributed by atoms with Crippen LogP contribution in [0.25, 0.3) is 0 Å². The summed E-state index contributed by atoms with van der Waals surface area (Å²) in [7, 11) is -2.29. The first kappa shape index (κ1) is 13.4. The summed E-state index contributed by atoms with van der Waals surface area (Å²) in [5.41, 5.74) is 0. The van der Waals surface area contributed by atoms with Crippen LogP contribution in [0.15, 0.2) is 24.3 Å². The molecule has 1 atom stereocenters. The molecule has 2 rings (SSSR count). The summed E-state index contributed by atoms with van der Waals surface area (Å²) in [4.78, 5) is 0. The second-order valence-electron chi connectivity index (χ2n) is 4.55. The Labute approximate surface area is 107 Å². The lowest BCUT2D eigenvalue weighted by Crippen LogP contribution is -2.11. The van der Waals surface area contributed by atoms with Gasteiger partial charge < -0.3 is 0 Å². The summed E-state index contributed by atoms with van der Waals surface area (Å²) in [6.45, 7) is 0.434. The number of benzene rings is 1. The Balaban J connectivity index is 1.76. The lowest BCUT2D eigenvalue weighted by atomic mass is 9.90. The van der Waals surface area contributed by atoms with Gasteiger partial charge in [-0.25, -0.2) is 8.91 Å². The van der Waals surface area contributed by atoms with E-state index in [0.717, 1.165) is 12.8 Å². The Morgan fingerprint density at radius 1 is 1.22 bits per heavy atom. The van der Waals surface area contributed by atoms with Gasteiger partial charge in [0.15, 0.2) is 5.82 Å². The first-order valence-corrected chi connectivity index (χ1v) is 7.38. The van der Waals surface area contributed by atoms with Gasteiger partial charge in [-0.1, -0.05) is 31.4 Å². The number of rotatable bonds is 5. The zero-order valence-electron chi connectivity index (χ0n) is 10.2. The van der Waals surface area contributed by atoms with Crippen LogP contribution in [-0.2, 0) is 9.09 Å². The molecule has 3 nitrogen and oxygen atoms in total. The van der Waals surface area contributed by atoms with E-state index in [4.69, 9.17) is 9.05 Å². The van der Waals surface area contributed by atoms with Crippen molar-refractivity contribution >= 4 is 8.25 Å². The van der Waals surface area contributed by atoms with Gasteiger partial charge in [0.05, 0.1) is 0 Å². The van der Waals surface area contributed by atoms with Crippen molar-refractivity contribution < 1.29 is 18.0 Å². The Bertz CT molecular complexity index is 405. The molecule has 1 aromatic rings. The highest BCUT2D eigenvalue weighted by atomic mass is 31.1. The molecule has 18 heavy (non-hydrogen) atoms. The van der Waals surface area contributed by atoms with E-state index in [-0.39, 0.29) is 5.75 Å². The third-order valence-electron chi connectivity index (χ3n) is 3.15. The normalized spacial score (nSPS) is 17.5. The standard InChI is InChI=1S/C13H17FO3P/c14-12-8-4-5-9-13(12)17-18(15)16-10-11-6-2-1-3-7-11/h4-5,8-9,11H,1-3,6-7,10H2/q+1. The molecule has 0 radical (unpaired) electrons. The van der Waals surface area contributed by atoms with Gasteiger partial charge in [-0.3, -0.25) is 0 Å². The van der Waals surface area contributed by atoms with Crippen molar-refractivity contribution in [3.8, 4) is 5.75 Å². The van der Waals surface area contributed by atoms with Crippen LogP contribution in [0.5, 0.6) is 5.75 Å². The molecule has 0 aromatic heterocycles. The zero-order valence-corrected chi connectivity index (χ0v) is 11.1. The summed E-state index contributed by atoms with van der Waals surface area (Å²) >= 11 is 0. The highest BCUT2D eigenvalue weighted by Crippen LogP contribution is 2.32. The van der Waals surface area contributed by atoms with Crippen molar-refractivity contribution in [3.05, 3.63) is 30.1 Å². The predicted octanol–water partition coefficient (Wildman–Crippen LogP) is 4.46. The van der Waals surface area contributed by atoms with Crippen LogP contribution >= 0.6 is 8.25 Å². The molecule has 0 saturated heterocycles.